The Morgan fingerprint density at radius 2 is 1.72 bits per heavy atom. The predicted octanol–water partition coefficient (Wildman–Crippen LogP) is 2.22. The van der Waals surface area contributed by atoms with Crippen molar-refractivity contribution in [3.63, 3.8) is 0 Å². The van der Waals surface area contributed by atoms with E-state index in [9.17, 15) is 14.0 Å². The smallest absolute Gasteiger partial charge is 0.270 e. The number of carbonyl (C=O) groups is 2. The molecule has 0 radical (unpaired) electrons. The Hall–Kier alpha value is -5.00. The number of aromatic amines is 1. The van der Waals surface area contributed by atoms with Gasteiger partial charge in [0.1, 0.15) is 17.2 Å². The van der Waals surface area contributed by atoms with Crippen LogP contribution < -0.4 is 10.6 Å². The SMILES string of the molecule is Cc1cc(CNC(=O)c2cc(C(=O)NCc3ccc(-c4nn[nH]n4)cc3)n3nccc3n2)ccc1F. The molecule has 3 aromatic heterocycles. The molecule has 0 spiro atoms. The summed E-state index contributed by atoms with van der Waals surface area (Å²) in [5.74, 6) is -0.719. The third-order valence-corrected chi connectivity index (χ3v) is 5.51. The number of nitrogens with one attached hydrogen (secondary N) is 3. The lowest BCUT2D eigenvalue weighted by molar-refractivity contribution is 0.0942. The van der Waals surface area contributed by atoms with Crippen LogP contribution >= 0.6 is 0 Å². The highest BCUT2D eigenvalue weighted by atomic mass is 19.1. The van der Waals surface area contributed by atoms with Crippen molar-refractivity contribution in [2.24, 2.45) is 0 Å². The molecule has 5 rings (SSSR count). The van der Waals surface area contributed by atoms with Gasteiger partial charge in [0.2, 0.25) is 5.82 Å². The number of fused-ring (bicyclic) bond motifs is 1. The van der Waals surface area contributed by atoms with Crippen molar-refractivity contribution >= 4 is 17.5 Å². The Morgan fingerprint density at radius 3 is 2.47 bits per heavy atom. The molecule has 2 aromatic carbocycles. The van der Waals surface area contributed by atoms with Gasteiger partial charge in [-0.05, 0) is 34.9 Å². The zero-order chi connectivity index (χ0) is 25.1. The molecule has 2 amide bonds. The number of benzene rings is 2. The van der Waals surface area contributed by atoms with Gasteiger partial charge >= 0.3 is 0 Å². The van der Waals surface area contributed by atoms with Gasteiger partial charge in [-0.15, -0.1) is 10.2 Å². The van der Waals surface area contributed by atoms with Crippen LogP contribution in [0, 0.1) is 12.7 Å². The standard InChI is InChI=1S/C24H20FN9O2/c1-14-10-16(4-7-18(14)25)13-26-23(35)19-11-20(34-21(29-19)8-9-28-34)24(36)27-12-15-2-5-17(6-3-15)22-30-32-33-31-22/h2-11H,12-13H2,1H3,(H,26,35)(H,27,36)(H,30,31,32,33). The number of H-pyrrole nitrogens is 1. The predicted molar refractivity (Wildman–Crippen MR) is 126 cm³/mol. The summed E-state index contributed by atoms with van der Waals surface area (Å²) in [6.07, 6.45) is 1.50. The first-order valence-corrected chi connectivity index (χ1v) is 11.0. The molecule has 0 saturated heterocycles. The molecule has 0 unspecified atom stereocenters. The number of amides is 2. The van der Waals surface area contributed by atoms with Crippen LogP contribution in [0.15, 0.2) is 60.8 Å². The largest absolute Gasteiger partial charge is 0.347 e. The van der Waals surface area contributed by atoms with E-state index in [0.29, 0.717) is 17.0 Å². The lowest BCUT2D eigenvalue weighted by atomic mass is 10.1. The van der Waals surface area contributed by atoms with Crippen molar-refractivity contribution in [1.82, 2.24) is 45.9 Å². The second kappa shape index (κ2) is 9.70. The highest BCUT2D eigenvalue weighted by molar-refractivity contribution is 5.98. The van der Waals surface area contributed by atoms with Gasteiger partial charge in [0.25, 0.3) is 11.8 Å². The summed E-state index contributed by atoms with van der Waals surface area (Å²) in [7, 11) is 0. The average molecular weight is 485 g/mol. The summed E-state index contributed by atoms with van der Waals surface area (Å²) in [6.45, 7) is 2.10. The van der Waals surface area contributed by atoms with Crippen LogP contribution in [0.1, 0.15) is 37.7 Å². The van der Waals surface area contributed by atoms with Crippen molar-refractivity contribution in [2.45, 2.75) is 20.0 Å². The van der Waals surface area contributed by atoms with Crippen LogP contribution in [0.3, 0.4) is 0 Å². The number of nitrogens with zero attached hydrogens (tertiary/aromatic N) is 6. The first-order chi connectivity index (χ1) is 17.5. The van der Waals surface area contributed by atoms with Gasteiger partial charge in [-0.25, -0.2) is 13.9 Å². The lowest BCUT2D eigenvalue weighted by Crippen LogP contribution is -2.28. The summed E-state index contributed by atoms with van der Waals surface area (Å²) in [5.41, 5.74) is 3.47. The van der Waals surface area contributed by atoms with Crippen LogP contribution in [0.2, 0.25) is 0 Å². The number of aryl methyl sites for hydroxylation is 1. The summed E-state index contributed by atoms with van der Waals surface area (Å²) in [6, 6.07) is 15.0. The Morgan fingerprint density at radius 1 is 0.972 bits per heavy atom. The number of hydrogen-bond donors (Lipinski definition) is 3. The lowest BCUT2D eigenvalue weighted by Gasteiger charge is -2.10. The quantitative estimate of drug-likeness (QED) is 0.321. The maximum Gasteiger partial charge on any atom is 0.270 e. The van der Waals surface area contributed by atoms with Gasteiger partial charge in [0.15, 0.2) is 5.65 Å². The molecule has 0 bridgehead atoms. The van der Waals surface area contributed by atoms with Gasteiger partial charge in [-0.3, -0.25) is 9.59 Å². The fourth-order valence-electron chi connectivity index (χ4n) is 3.61. The fraction of sp³-hybridized carbons (Fsp3) is 0.125. The Bertz CT molecular complexity index is 1550. The molecule has 0 aliphatic rings. The van der Waals surface area contributed by atoms with Gasteiger partial charge in [-0.2, -0.15) is 10.3 Å². The molecule has 36 heavy (non-hydrogen) atoms. The molecular formula is C24H20FN9O2. The summed E-state index contributed by atoms with van der Waals surface area (Å²) >= 11 is 0. The molecule has 0 aliphatic carbocycles. The first-order valence-electron chi connectivity index (χ1n) is 11.0. The summed E-state index contributed by atoms with van der Waals surface area (Å²) < 4.78 is 14.9. The number of carbonyl (C=O) groups excluding carboxylic acids is 2. The minimum Gasteiger partial charge on any atom is -0.347 e. The van der Waals surface area contributed by atoms with E-state index in [0.717, 1.165) is 16.7 Å². The second-order valence-electron chi connectivity index (χ2n) is 8.01. The first kappa shape index (κ1) is 22.8. The van der Waals surface area contributed by atoms with Gasteiger partial charge in [0, 0.05) is 30.8 Å². The molecule has 0 atom stereocenters. The van der Waals surface area contributed by atoms with Crippen LogP contribution in [-0.4, -0.2) is 47.0 Å². The highest BCUT2D eigenvalue weighted by Crippen LogP contribution is 2.15. The van der Waals surface area contributed by atoms with Crippen molar-refractivity contribution in [1.29, 1.82) is 0 Å². The van der Waals surface area contributed by atoms with Crippen LogP contribution in [0.5, 0.6) is 0 Å². The number of tetrazole rings is 1. The van der Waals surface area contributed by atoms with Crippen molar-refractivity contribution in [2.75, 3.05) is 0 Å². The zero-order valence-electron chi connectivity index (χ0n) is 19.1. The minimum absolute atomic E-state index is 0.0662. The Kier molecular flexibility index (Phi) is 6.14. The van der Waals surface area contributed by atoms with Crippen LogP contribution in [-0.2, 0) is 13.1 Å². The third kappa shape index (κ3) is 4.78. The van der Waals surface area contributed by atoms with E-state index in [1.165, 1.54) is 22.8 Å². The van der Waals surface area contributed by atoms with Crippen molar-refractivity contribution in [3.8, 4) is 11.4 Å². The van der Waals surface area contributed by atoms with E-state index in [1.807, 2.05) is 24.3 Å². The Balaban J connectivity index is 1.29. The van der Waals surface area contributed by atoms with E-state index in [-0.39, 0.29) is 30.3 Å². The maximum absolute atomic E-state index is 13.5. The molecule has 0 aliphatic heterocycles. The van der Waals surface area contributed by atoms with Crippen molar-refractivity contribution < 1.29 is 14.0 Å². The molecule has 5 aromatic rings. The van der Waals surface area contributed by atoms with Crippen LogP contribution in [0.25, 0.3) is 17.0 Å². The summed E-state index contributed by atoms with van der Waals surface area (Å²) in [4.78, 5) is 30.1. The molecule has 12 heteroatoms. The normalized spacial score (nSPS) is 10.9. The van der Waals surface area contributed by atoms with Crippen molar-refractivity contribution in [3.05, 3.63) is 94.7 Å². The average Bonchev–Trinajstić information content (AvgIpc) is 3.60. The van der Waals surface area contributed by atoms with Gasteiger partial charge in [-0.1, -0.05) is 36.4 Å². The van der Waals surface area contributed by atoms with E-state index in [2.05, 4.69) is 41.3 Å². The molecule has 0 fully saturated rings. The number of rotatable bonds is 7. The number of halogens is 1. The van der Waals surface area contributed by atoms with Crippen LogP contribution in [0.4, 0.5) is 4.39 Å². The fourth-order valence-corrected chi connectivity index (χ4v) is 3.61. The molecule has 11 nitrogen and oxygen atoms in total. The van der Waals surface area contributed by atoms with E-state index < -0.39 is 11.8 Å². The second-order valence-corrected chi connectivity index (χ2v) is 8.01. The van der Waals surface area contributed by atoms with Gasteiger partial charge < -0.3 is 10.6 Å². The topological polar surface area (TPSA) is 143 Å². The number of hydrogen-bond acceptors (Lipinski definition) is 7. The Labute approximate surface area is 203 Å². The number of aromatic nitrogens is 7. The van der Waals surface area contributed by atoms with E-state index >= 15 is 0 Å². The maximum atomic E-state index is 13.5. The van der Waals surface area contributed by atoms with E-state index in [4.69, 9.17) is 0 Å². The highest BCUT2D eigenvalue weighted by Gasteiger charge is 2.18. The summed E-state index contributed by atoms with van der Waals surface area (Å²) in [5, 5.41) is 23.6. The van der Waals surface area contributed by atoms with E-state index in [1.54, 1.807) is 25.1 Å². The third-order valence-electron chi connectivity index (χ3n) is 5.51. The zero-order valence-corrected chi connectivity index (χ0v) is 19.1. The minimum atomic E-state index is -0.466. The monoisotopic (exact) mass is 485 g/mol. The molecule has 3 N–H and O–H groups in total. The molecule has 180 valence electrons. The molecule has 0 saturated carbocycles. The molecule has 3 heterocycles. The van der Waals surface area contributed by atoms with Gasteiger partial charge in [0.05, 0.1) is 6.20 Å². The molecular weight excluding hydrogens is 465 g/mol.